The molecule has 164 valence electrons. The maximum Gasteiger partial charge on any atom is 0.243 e. The first-order valence-corrected chi connectivity index (χ1v) is 11.5. The third-order valence-corrected chi connectivity index (χ3v) is 6.02. The minimum Gasteiger partial charge on any atom is -0.372 e. The predicted molar refractivity (Wildman–Crippen MR) is 115 cm³/mol. The van der Waals surface area contributed by atoms with Gasteiger partial charge in [0.25, 0.3) is 0 Å². The number of hydrogen-bond donors (Lipinski definition) is 1. The van der Waals surface area contributed by atoms with E-state index in [1.54, 1.807) is 0 Å². The van der Waals surface area contributed by atoms with E-state index in [0.717, 1.165) is 53.1 Å². The third-order valence-electron chi connectivity index (χ3n) is 4.78. The van der Waals surface area contributed by atoms with Crippen molar-refractivity contribution in [1.82, 2.24) is 5.32 Å². The molecule has 0 heterocycles. The Balaban J connectivity index is 2.13. The molecule has 1 atom stereocenters. The molecule has 30 heavy (non-hydrogen) atoms. The van der Waals surface area contributed by atoms with Crippen molar-refractivity contribution in [3.63, 3.8) is 0 Å². The largest absolute Gasteiger partial charge is 0.372 e. The Morgan fingerprint density at radius 2 is 1.57 bits per heavy atom. The van der Waals surface area contributed by atoms with Gasteiger partial charge in [0, 0.05) is 31.4 Å². The Hall–Kier alpha value is -2.68. The molecule has 0 fully saturated rings. The minimum absolute atomic E-state index is 0.123. The van der Waals surface area contributed by atoms with Crippen LogP contribution in [0, 0.1) is 11.6 Å². The van der Waals surface area contributed by atoms with Crippen molar-refractivity contribution in [1.29, 1.82) is 0 Å². The normalized spacial score (nSPS) is 12.3. The van der Waals surface area contributed by atoms with Crippen molar-refractivity contribution in [2.75, 3.05) is 28.6 Å². The molecule has 0 spiro atoms. The number of nitrogens with zero attached hydrogens (tertiary/aromatic N) is 2. The van der Waals surface area contributed by atoms with E-state index in [-0.39, 0.29) is 12.2 Å². The zero-order valence-corrected chi connectivity index (χ0v) is 18.3. The van der Waals surface area contributed by atoms with Gasteiger partial charge < -0.3 is 10.2 Å². The molecule has 2 rings (SSSR count). The fourth-order valence-electron chi connectivity index (χ4n) is 3.18. The molecule has 0 unspecified atom stereocenters. The van der Waals surface area contributed by atoms with Crippen molar-refractivity contribution < 1.29 is 22.0 Å². The van der Waals surface area contributed by atoms with Crippen LogP contribution in [0.5, 0.6) is 0 Å². The van der Waals surface area contributed by atoms with Gasteiger partial charge in [-0.2, -0.15) is 0 Å². The molecule has 0 aliphatic carbocycles. The fraction of sp³-hybridized carbons (Fsp3) is 0.381. The van der Waals surface area contributed by atoms with Crippen LogP contribution in [0.4, 0.5) is 20.2 Å². The highest BCUT2D eigenvalue weighted by molar-refractivity contribution is 7.92. The lowest BCUT2D eigenvalue weighted by molar-refractivity contribution is -0.122. The van der Waals surface area contributed by atoms with Crippen LogP contribution in [0.1, 0.15) is 26.3 Å². The molecule has 1 amide bonds. The first kappa shape index (κ1) is 23.6. The second-order valence-electron chi connectivity index (χ2n) is 6.89. The number of sulfonamides is 1. The van der Waals surface area contributed by atoms with Crippen LogP contribution in [0.25, 0.3) is 0 Å². The number of carbonyl (C=O) groups excluding carboxylic acids is 1. The number of halogens is 2. The van der Waals surface area contributed by atoms with E-state index in [9.17, 15) is 22.0 Å². The smallest absolute Gasteiger partial charge is 0.243 e. The molecule has 0 bridgehead atoms. The Labute approximate surface area is 176 Å². The number of benzene rings is 2. The summed E-state index contributed by atoms with van der Waals surface area (Å²) < 4.78 is 52.1. The highest BCUT2D eigenvalue weighted by Crippen LogP contribution is 2.23. The maximum absolute atomic E-state index is 13.6. The van der Waals surface area contributed by atoms with E-state index >= 15 is 0 Å². The van der Waals surface area contributed by atoms with Crippen LogP contribution in [0.3, 0.4) is 0 Å². The summed E-state index contributed by atoms with van der Waals surface area (Å²) in [6, 6.07) is 9.25. The molecule has 1 N–H and O–H groups in total. The van der Waals surface area contributed by atoms with Crippen LogP contribution >= 0.6 is 0 Å². The maximum atomic E-state index is 13.6. The molecular formula is C21H27F2N3O3S. The zero-order valence-electron chi connectivity index (χ0n) is 17.5. The molecule has 9 heteroatoms. The van der Waals surface area contributed by atoms with Gasteiger partial charge >= 0.3 is 0 Å². The second-order valence-corrected chi connectivity index (χ2v) is 8.75. The zero-order chi connectivity index (χ0) is 22.5. The molecule has 0 saturated carbocycles. The van der Waals surface area contributed by atoms with Crippen molar-refractivity contribution in [3.05, 3.63) is 59.7 Å². The number of hydrogen-bond acceptors (Lipinski definition) is 4. The van der Waals surface area contributed by atoms with Crippen LogP contribution in [-0.2, 0) is 21.4 Å². The summed E-state index contributed by atoms with van der Waals surface area (Å²) >= 11 is 0. The lowest BCUT2D eigenvalue weighted by atomic mass is 10.2. The molecule has 0 aliphatic rings. The van der Waals surface area contributed by atoms with Crippen LogP contribution < -0.4 is 14.5 Å². The molecule has 2 aromatic carbocycles. The summed E-state index contributed by atoms with van der Waals surface area (Å²) in [5.41, 5.74) is 1.80. The van der Waals surface area contributed by atoms with Crippen molar-refractivity contribution in [2.45, 2.75) is 33.4 Å². The quantitative estimate of drug-likeness (QED) is 0.651. The van der Waals surface area contributed by atoms with Crippen LogP contribution in [0.2, 0.25) is 0 Å². The Morgan fingerprint density at radius 1 is 1.00 bits per heavy atom. The molecule has 0 aliphatic heterocycles. The molecular weight excluding hydrogens is 412 g/mol. The van der Waals surface area contributed by atoms with E-state index in [1.165, 1.54) is 6.92 Å². The van der Waals surface area contributed by atoms with Crippen molar-refractivity contribution in [2.24, 2.45) is 0 Å². The van der Waals surface area contributed by atoms with Gasteiger partial charge in [0.15, 0.2) is 11.6 Å². The van der Waals surface area contributed by atoms with Gasteiger partial charge in [-0.3, -0.25) is 9.10 Å². The van der Waals surface area contributed by atoms with E-state index in [1.807, 2.05) is 24.3 Å². The van der Waals surface area contributed by atoms with E-state index < -0.39 is 33.6 Å². The van der Waals surface area contributed by atoms with Crippen molar-refractivity contribution in [3.8, 4) is 0 Å². The summed E-state index contributed by atoms with van der Waals surface area (Å²) in [5.74, 6) is -2.85. The Kier molecular flexibility index (Phi) is 7.77. The van der Waals surface area contributed by atoms with Gasteiger partial charge in [0.1, 0.15) is 6.04 Å². The summed E-state index contributed by atoms with van der Waals surface area (Å²) in [6.07, 6.45) is 0.907. The van der Waals surface area contributed by atoms with E-state index in [2.05, 4.69) is 24.1 Å². The standard InChI is InChI=1S/C21H27F2N3O3S/c1-5-25(6-2)17-9-7-16(8-10-17)14-24-21(27)15(3)26(30(4,28)29)18-11-12-19(22)20(23)13-18/h7-13,15H,5-6,14H2,1-4H3,(H,24,27)/t15-/m0/s1. The molecule has 2 aromatic rings. The molecule has 0 aromatic heterocycles. The number of rotatable bonds is 9. The number of carbonyl (C=O) groups is 1. The van der Waals surface area contributed by atoms with Gasteiger partial charge in [-0.15, -0.1) is 0 Å². The topological polar surface area (TPSA) is 69.7 Å². The Bertz CT molecular complexity index is 977. The van der Waals surface area contributed by atoms with Crippen molar-refractivity contribution >= 4 is 27.3 Å². The van der Waals surface area contributed by atoms with Crippen LogP contribution in [0.15, 0.2) is 42.5 Å². The number of amides is 1. The van der Waals surface area contributed by atoms with Gasteiger partial charge in [0.05, 0.1) is 11.9 Å². The third kappa shape index (κ3) is 5.69. The summed E-state index contributed by atoms with van der Waals surface area (Å²) in [4.78, 5) is 14.8. The number of nitrogens with one attached hydrogen (secondary N) is 1. The van der Waals surface area contributed by atoms with Gasteiger partial charge in [0.2, 0.25) is 15.9 Å². The first-order valence-electron chi connectivity index (χ1n) is 9.64. The average Bonchev–Trinajstić information content (AvgIpc) is 2.69. The van der Waals surface area contributed by atoms with E-state index in [0.29, 0.717) is 0 Å². The lowest BCUT2D eigenvalue weighted by Gasteiger charge is -2.28. The first-order chi connectivity index (χ1) is 14.1. The van der Waals surface area contributed by atoms with Gasteiger partial charge in [-0.1, -0.05) is 12.1 Å². The van der Waals surface area contributed by atoms with Gasteiger partial charge in [-0.25, -0.2) is 17.2 Å². The summed E-state index contributed by atoms with van der Waals surface area (Å²) in [6.45, 7) is 7.50. The molecule has 0 radical (unpaired) electrons. The number of anilines is 2. The lowest BCUT2D eigenvalue weighted by Crippen LogP contribution is -2.47. The minimum atomic E-state index is -3.92. The SMILES string of the molecule is CCN(CC)c1ccc(CNC(=O)[C@H](C)N(c2ccc(F)c(F)c2)S(C)(=O)=O)cc1. The highest BCUT2D eigenvalue weighted by Gasteiger charge is 2.29. The molecule has 6 nitrogen and oxygen atoms in total. The summed E-state index contributed by atoms with van der Waals surface area (Å²) in [5, 5.41) is 2.70. The molecule has 0 saturated heterocycles. The van der Waals surface area contributed by atoms with Crippen LogP contribution in [-0.4, -0.2) is 39.7 Å². The average molecular weight is 440 g/mol. The van der Waals surface area contributed by atoms with Gasteiger partial charge in [-0.05, 0) is 50.6 Å². The fourth-order valence-corrected chi connectivity index (χ4v) is 4.35. The van der Waals surface area contributed by atoms with E-state index in [4.69, 9.17) is 0 Å². The second kappa shape index (κ2) is 9.88. The summed E-state index contributed by atoms with van der Waals surface area (Å²) in [7, 11) is -3.92. The highest BCUT2D eigenvalue weighted by atomic mass is 32.2. The Morgan fingerprint density at radius 3 is 2.07 bits per heavy atom. The predicted octanol–water partition coefficient (Wildman–Crippen LogP) is 3.28. The monoisotopic (exact) mass is 439 g/mol.